The second-order valence-corrected chi connectivity index (χ2v) is 5.10. The zero-order valence-electron chi connectivity index (χ0n) is 12.1. The lowest BCUT2D eigenvalue weighted by Gasteiger charge is -2.11. The first-order valence-electron chi connectivity index (χ1n) is 7.13. The van der Waals surface area contributed by atoms with Crippen molar-refractivity contribution in [2.75, 3.05) is 11.9 Å². The van der Waals surface area contributed by atoms with E-state index in [1.165, 1.54) is 5.56 Å². The van der Waals surface area contributed by atoms with Crippen molar-refractivity contribution in [1.82, 2.24) is 9.55 Å². The number of pyridine rings is 1. The van der Waals surface area contributed by atoms with Gasteiger partial charge >= 0.3 is 0 Å². The van der Waals surface area contributed by atoms with Gasteiger partial charge < -0.3 is 15.0 Å². The maximum Gasteiger partial charge on any atom is 0.150 e. The van der Waals surface area contributed by atoms with Crippen molar-refractivity contribution >= 4 is 16.7 Å². The Labute approximate surface area is 124 Å². The van der Waals surface area contributed by atoms with Crippen LogP contribution in [0.25, 0.3) is 10.9 Å². The highest BCUT2D eigenvalue weighted by Gasteiger charge is 2.10. The van der Waals surface area contributed by atoms with E-state index in [9.17, 15) is 5.11 Å². The van der Waals surface area contributed by atoms with Crippen molar-refractivity contribution in [3.63, 3.8) is 0 Å². The van der Waals surface area contributed by atoms with Crippen LogP contribution in [0.15, 0.2) is 48.7 Å². The molecule has 0 aliphatic heterocycles. The van der Waals surface area contributed by atoms with Crippen LogP contribution in [0.4, 0.5) is 5.82 Å². The van der Waals surface area contributed by atoms with Crippen molar-refractivity contribution in [2.45, 2.75) is 20.0 Å². The van der Waals surface area contributed by atoms with Gasteiger partial charge in [0.25, 0.3) is 0 Å². The summed E-state index contributed by atoms with van der Waals surface area (Å²) in [5.74, 6) is 0.859. The van der Waals surface area contributed by atoms with E-state index in [0.29, 0.717) is 6.54 Å². The molecule has 3 rings (SSSR count). The molecule has 0 spiro atoms. The summed E-state index contributed by atoms with van der Waals surface area (Å²) in [5.41, 5.74) is 3.41. The summed E-state index contributed by atoms with van der Waals surface area (Å²) in [5, 5.41) is 13.8. The van der Waals surface area contributed by atoms with Gasteiger partial charge in [0.05, 0.1) is 12.1 Å². The van der Waals surface area contributed by atoms with Crippen LogP contribution in [0.2, 0.25) is 0 Å². The van der Waals surface area contributed by atoms with Gasteiger partial charge in [-0.3, -0.25) is 0 Å². The van der Waals surface area contributed by atoms with Crippen LogP contribution in [0.3, 0.4) is 0 Å². The molecule has 21 heavy (non-hydrogen) atoms. The van der Waals surface area contributed by atoms with E-state index in [1.54, 1.807) is 0 Å². The lowest BCUT2D eigenvalue weighted by molar-refractivity contribution is 0.277. The molecule has 0 fully saturated rings. The van der Waals surface area contributed by atoms with E-state index in [1.807, 2.05) is 30.5 Å². The van der Waals surface area contributed by atoms with Gasteiger partial charge in [0, 0.05) is 30.4 Å². The third kappa shape index (κ3) is 2.76. The summed E-state index contributed by atoms with van der Waals surface area (Å²) in [6.07, 6.45) is 1.82. The Kier molecular flexibility index (Phi) is 3.88. The van der Waals surface area contributed by atoms with Crippen LogP contribution in [0, 0.1) is 6.92 Å². The number of benzene rings is 1. The fourth-order valence-electron chi connectivity index (χ4n) is 2.65. The molecule has 2 aromatic heterocycles. The first-order chi connectivity index (χ1) is 10.3. The molecule has 0 saturated carbocycles. The third-order valence-electron chi connectivity index (χ3n) is 3.64. The quantitative estimate of drug-likeness (QED) is 0.756. The van der Waals surface area contributed by atoms with Crippen LogP contribution >= 0.6 is 0 Å². The minimum Gasteiger partial charge on any atom is -0.395 e. The van der Waals surface area contributed by atoms with Crippen LogP contribution in [-0.2, 0) is 13.1 Å². The summed E-state index contributed by atoms with van der Waals surface area (Å²) in [6, 6.07) is 14.4. The lowest BCUT2D eigenvalue weighted by atomic mass is 10.2. The number of fused-ring (bicyclic) bond motifs is 1. The molecule has 0 radical (unpaired) electrons. The van der Waals surface area contributed by atoms with Crippen molar-refractivity contribution in [3.8, 4) is 0 Å². The van der Waals surface area contributed by atoms with Gasteiger partial charge in [-0.1, -0.05) is 30.3 Å². The molecule has 0 saturated heterocycles. The Morgan fingerprint density at radius 3 is 2.76 bits per heavy atom. The Hall–Kier alpha value is -2.33. The van der Waals surface area contributed by atoms with Crippen LogP contribution < -0.4 is 5.32 Å². The average Bonchev–Trinajstić information content (AvgIpc) is 2.83. The fraction of sp³-hybridized carbons (Fsp3) is 0.235. The molecule has 1 aromatic carbocycles. The second-order valence-electron chi connectivity index (χ2n) is 5.10. The van der Waals surface area contributed by atoms with Gasteiger partial charge in [0.1, 0.15) is 0 Å². The number of aliphatic hydroxyl groups excluding tert-OH is 1. The van der Waals surface area contributed by atoms with Gasteiger partial charge in [-0.15, -0.1) is 0 Å². The first kappa shape index (κ1) is 13.6. The van der Waals surface area contributed by atoms with E-state index in [2.05, 4.69) is 40.0 Å². The van der Waals surface area contributed by atoms with Crippen molar-refractivity contribution in [1.29, 1.82) is 0 Å². The zero-order valence-corrected chi connectivity index (χ0v) is 12.1. The molecule has 4 heteroatoms. The van der Waals surface area contributed by atoms with E-state index >= 15 is 0 Å². The Bertz CT molecular complexity index is 734. The summed E-state index contributed by atoms with van der Waals surface area (Å²) in [4.78, 5) is 4.46. The zero-order chi connectivity index (χ0) is 14.7. The lowest BCUT2D eigenvalue weighted by Crippen LogP contribution is -2.07. The van der Waals surface area contributed by atoms with Crippen LogP contribution in [0.1, 0.15) is 11.3 Å². The van der Waals surface area contributed by atoms with Gasteiger partial charge in [-0.2, -0.15) is 0 Å². The SMILES string of the molecule is Cc1cc2ccnc(NCc3ccccc3)c2n1CCO. The number of nitrogens with one attached hydrogen (secondary N) is 1. The molecule has 2 heterocycles. The third-order valence-corrected chi connectivity index (χ3v) is 3.64. The molecule has 0 aliphatic carbocycles. The predicted octanol–water partition coefficient (Wildman–Crippen LogP) is 2.95. The molecule has 4 nitrogen and oxygen atoms in total. The summed E-state index contributed by atoms with van der Waals surface area (Å²) < 4.78 is 2.11. The van der Waals surface area contributed by atoms with Crippen molar-refractivity contribution in [3.05, 3.63) is 59.9 Å². The number of aromatic nitrogens is 2. The average molecular weight is 281 g/mol. The normalized spacial score (nSPS) is 11.0. The van der Waals surface area contributed by atoms with Gasteiger partial charge in [-0.25, -0.2) is 4.98 Å². The van der Waals surface area contributed by atoms with Gasteiger partial charge in [0.2, 0.25) is 0 Å². The second kappa shape index (κ2) is 5.97. The number of nitrogens with zero attached hydrogens (tertiary/aromatic N) is 2. The molecule has 0 unspecified atom stereocenters. The summed E-state index contributed by atoms with van der Waals surface area (Å²) >= 11 is 0. The highest BCUT2D eigenvalue weighted by molar-refractivity contribution is 5.90. The topological polar surface area (TPSA) is 50.1 Å². The van der Waals surface area contributed by atoms with Crippen LogP contribution in [-0.4, -0.2) is 21.3 Å². The number of hydrogen-bond donors (Lipinski definition) is 2. The Morgan fingerprint density at radius 2 is 2.00 bits per heavy atom. The highest BCUT2D eigenvalue weighted by Crippen LogP contribution is 2.25. The molecule has 0 atom stereocenters. The monoisotopic (exact) mass is 281 g/mol. The minimum atomic E-state index is 0.123. The van der Waals surface area contributed by atoms with E-state index in [4.69, 9.17) is 0 Å². The van der Waals surface area contributed by atoms with Crippen molar-refractivity contribution < 1.29 is 5.11 Å². The summed E-state index contributed by atoms with van der Waals surface area (Å²) in [6.45, 7) is 3.49. The molecular formula is C17H19N3O. The molecule has 0 bridgehead atoms. The molecule has 3 aromatic rings. The maximum absolute atomic E-state index is 9.26. The smallest absolute Gasteiger partial charge is 0.150 e. The van der Waals surface area contributed by atoms with E-state index < -0.39 is 0 Å². The summed E-state index contributed by atoms with van der Waals surface area (Å²) in [7, 11) is 0. The largest absolute Gasteiger partial charge is 0.395 e. The predicted molar refractivity (Wildman–Crippen MR) is 85.3 cm³/mol. The number of aryl methyl sites for hydroxylation is 1. The standard InChI is InChI=1S/C17H19N3O/c1-13-11-15-7-8-18-17(16(15)20(13)9-10-21)19-12-14-5-3-2-4-6-14/h2-8,11,21H,9-10,12H2,1H3,(H,18,19). The maximum atomic E-state index is 9.26. The minimum absolute atomic E-state index is 0.123. The fourth-order valence-corrected chi connectivity index (χ4v) is 2.65. The molecule has 2 N–H and O–H groups in total. The number of aliphatic hydroxyl groups is 1. The molecule has 0 amide bonds. The van der Waals surface area contributed by atoms with Gasteiger partial charge in [-0.05, 0) is 24.6 Å². The Balaban J connectivity index is 1.94. The van der Waals surface area contributed by atoms with Crippen LogP contribution in [0.5, 0.6) is 0 Å². The number of hydrogen-bond acceptors (Lipinski definition) is 3. The molecule has 108 valence electrons. The number of anilines is 1. The van der Waals surface area contributed by atoms with E-state index in [-0.39, 0.29) is 6.61 Å². The van der Waals surface area contributed by atoms with Gasteiger partial charge in [0.15, 0.2) is 5.82 Å². The number of rotatable bonds is 5. The Morgan fingerprint density at radius 1 is 1.19 bits per heavy atom. The highest BCUT2D eigenvalue weighted by atomic mass is 16.3. The van der Waals surface area contributed by atoms with Crippen molar-refractivity contribution in [2.24, 2.45) is 0 Å². The first-order valence-corrected chi connectivity index (χ1v) is 7.13. The van der Waals surface area contributed by atoms with E-state index in [0.717, 1.165) is 29.0 Å². The molecule has 0 aliphatic rings. The molecular weight excluding hydrogens is 262 g/mol.